The number of ether oxygens (including phenoxy) is 2. The molecule has 4 rings (SSSR count). The molecule has 0 aliphatic rings. The van der Waals surface area contributed by atoms with Crippen LogP contribution in [0.3, 0.4) is 0 Å². The average Bonchev–Trinajstić information content (AvgIpc) is 3.29. The molecule has 0 saturated carbocycles. The van der Waals surface area contributed by atoms with E-state index in [1.54, 1.807) is 38.4 Å². The van der Waals surface area contributed by atoms with Crippen molar-refractivity contribution in [2.75, 3.05) is 27.8 Å². The third-order valence-electron chi connectivity index (χ3n) is 6.04. The molecule has 1 atom stereocenters. The van der Waals surface area contributed by atoms with E-state index < -0.39 is 0 Å². The zero-order chi connectivity index (χ0) is 24.1. The maximum Gasteiger partial charge on any atom is 0.223 e. The first-order valence-corrected chi connectivity index (χ1v) is 11.1. The monoisotopic (exact) mass is 461 g/mol. The highest BCUT2D eigenvalue weighted by atomic mass is 19.1. The summed E-state index contributed by atoms with van der Waals surface area (Å²) in [5.74, 6) is 0.643. The van der Waals surface area contributed by atoms with Crippen molar-refractivity contribution < 1.29 is 18.7 Å². The Morgan fingerprint density at radius 2 is 1.88 bits per heavy atom. The van der Waals surface area contributed by atoms with Crippen LogP contribution in [0.15, 0.2) is 73.1 Å². The smallest absolute Gasteiger partial charge is 0.223 e. The van der Waals surface area contributed by atoms with Gasteiger partial charge in [-0.3, -0.25) is 4.79 Å². The molecule has 2 aromatic heterocycles. The predicted molar refractivity (Wildman–Crippen MR) is 129 cm³/mol. The van der Waals surface area contributed by atoms with E-state index in [2.05, 4.69) is 4.98 Å². The number of benzene rings is 2. The molecule has 176 valence electrons. The predicted octanol–water partition coefficient (Wildman–Crippen LogP) is 4.71. The van der Waals surface area contributed by atoms with Crippen molar-refractivity contribution in [3.05, 3.63) is 95.7 Å². The van der Waals surface area contributed by atoms with E-state index in [1.807, 2.05) is 53.1 Å². The number of aromatic nitrogens is 2. The maximum atomic E-state index is 14.1. The minimum absolute atomic E-state index is 0.0272. The van der Waals surface area contributed by atoms with Crippen LogP contribution in [-0.4, -0.2) is 48.0 Å². The molecule has 2 aromatic carbocycles. The summed E-state index contributed by atoms with van der Waals surface area (Å²) in [6.45, 7) is 0.539. The number of nitrogens with zero attached hydrogens (tertiary/aromatic N) is 3. The van der Waals surface area contributed by atoms with E-state index in [1.165, 1.54) is 12.1 Å². The number of methoxy groups -OCH3 is 2. The maximum absolute atomic E-state index is 14.1. The lowest BCUT2D eigenvalue weighted by molar-refractivity contribution is -0.130. The van der Waals surface area contributed by atoms with Crippen LogP contribution in [-0.2, 0) is 11.2 Å². The second-order valence-corrected chi connectivity index (χ2v) is 8.18. The van der Waals surface area contributed by atoms with Crippen LogP contribution >= 0.6 is 0 Å². The molecular weight excluding hydrogens is 433 g/mol. The lowest BCUT2D eigenvalue weighted by Gasteiger charge is -2.22. The first-order valence-electron chi connectivity index (χ1n) is 11.1. The summed E-state index contributed by atoms with van der Waals surface area (Å²) >= 11 is 0. The van der Waals surface area contributed by atoms with Crippen LogP contribution < -0.4 is 9.47 Å². The zero-order valence-electron chi connectivity index (χ0n) is 19.6. The van der Waals surface area contributed by atoms with Gasteiger partial charge in [-0.25, -0.2) is 9.37 Å². The number of rotatable bonds is 9. The van der Waals surface area contributed by atoms with Crippen LogP contribution in [0.1, 0.15) is 29.2 Å². The van der Waals surface area contributed by atoms with E-state index >= 15 is 0 Å². The normalized spacial score (nSPS) is 11.9. The molecule has 0 bridgehead atoms. The Kier molecular flexibility index (Phi) is 7.11. The van der Waals surface area contributed by atoms with E-state index in [4.69, 9.17) is 9.47 Å². The number of halogens is 1. The molecule has 1 amide bonds. The molecule has 4 aromatic rings. The molecule has 0 radical (unpaired) electrons. The largest absolute Gasteiger partial charge is 0.493 e. The van der Waals surface area contributed by atoms with Crippen molar-refractivity contribution in [1.29, 1.82) is 0 Å². The summed E-state index contributed by atoms with van der Waals surface area (Å²) in [7, 11) is 4.99. The fourth-order valence-corrected chi connectivity index (χ4v) is 4.11. The fourth-order valence-electron chi connectivity index (χ4n) is 4.11. The highest BCUT2D eigenvalue weighted by Gasteiger charge is 2.24. The second-order valence-electron chi connectivity index (χ2n) is 8.18. The van der Waals surface area contributed by atoms with Crippen molar-refractivity contribution in [3.8, 4) is 11.5 Å². The van der Waals surface area contributed by atoms with Gasteiger partial charge in [0.15, 0.2) is 11.5 Å². The number of imidazole rings is 1. The van der Waals surface area contributed by atoms with Gasteiger partial charge in [0.25, 0.3) is 0 Å². The molecule has 34 heavy (non-hydrogen) atoms. The minimum Gasteiger partial charge on any atom is -0.493 e. The van der Waals surface area contributed by atoms with Gasteiger partial charge in [0.05, 0.1) is 19.9 Å². The Bertz CT molecular complexity index is 1290. The summed E-state index contributed by atoms with van der Waals surface area (Å²) in [5, 5.41) is 0. The number of amides is 1. The molecular formula is C27H28FN3O3. The van der Waals surface area contributed by atoms with Crippen molar-refractivity contribution in [3.63, 3.8) is 0 Å². The van der Waals surface area contributed by atoms with E-state index in [0.717, 1.165) is 22.5 Å². The number of likely N-dealkylation sites (N-methyl/N-ethyl adjacent to an activating group) is 1. The molecule has 0 fully saturated rings. The van der Waals surface area contributed by atoms with E-state index in [-0.39, 0.29) is 24.1 Å². The van der Waals surface area contributed by atoms with Gasteiger partial charge in [-0.05, 0) is 53.9 Å². The molecule has 0 aliphatic heterocycles. The summed E-state index contributed by atoms with van der Waals surface area (Å²) < 4.78 is 26.7. The van der Waals surface area contributed by atoms with Crippen LogP contribution in [0.4, 0.5) is 4.39 Å². The third kappa shape index (κ3) is 5.03. The van der Waals surface area contributed by atoms with Gasteiger partial charge in [0, 0.05) is 38.3 Å². The molecule has 6 nitrogen and oxygen atoms in total. The summed E-state index contributed by atoms with van der Waals surface area (Å²) in [6, 6.07) is 17.9. The van der Waals surface area contributed by atoms with Crippen molar-refractivity contribution in [1.82, 2.24) is 14.3 Å². The standard InChI is InChI=1S/C27H28FN3O3/c1-30(14-12-19-10-11-24(33-2)25(15-19)34-3)27(32)17-22(20-7-6-8-21(28)16-20)23-18-29-26-9-4-5-13-31(23)26/h4-11,13,15-16,18,22H,12,14,17H2,1-3H3. The van der Waals surface area contributed by atoms with E-state index in [9.17, 15) is 9.18 Å². The van der Waals surface area contributed by atoms with E-state index in [0.29, 0.717) is 24.5 Å². The van der Waals surface area contributed by atoms with Gasteiger partial charge < -0.3 is 18.8 Å². The van der Waals surface area contributed by atoms with Crippen LogP contribution in [0.2, 0.25) is 0 Å². The molecule has 0 aliphatic carbocycles. The van der Waals surface area contributed by atoms with Gasteiger partial charge in [-0.1, -0.05) is 24.3 Å². The summed E-state index contributed by atoms with van der Waals surface area (Å²) in [4.78, 5) is 19.4. The van der Waals surface area contributed by atoms with Gasteiger partial charge >= 0.3 is 0 Å². The fraction of sp³-hybridized carbons (Fsp3) is 0.259. The van der Waals surface area contributed by atoms with Gasteiger partial charge in [0.2, 0.25) is 5.91 Å². The Labute approximate surface area is 198 Å². The Balaban J connectivity index is 1.52. The van der Waals surface area contributed by atoms with Gasteiger partial charge in [0.1, 0.15) is 11.5 Å². The molecule has 7 heteroatoms. The first-order chi connectivity index (χ1) is 16.5. The van der Waals surface area contributed by atoms with Crippen LogP contribution in [0.5, 0.6) is 11.5 Å². The minimum atomic E-state index is -0.330. The number of pyridine rings is 1. The first kappa shape index (κ1) is 23.3. The lowest BCUT2D eigenvalue weighted by atomic mass is 9.92. The third-order valence-corrected chi connectivity index (χ3v) is 6.04. The van der Waals surface area contributed by atoms with Crippen LogP contribution in [0, 0.1) is 5.82 Å². The molecule has 2 heterocycles. The number of carbonyl (C=O) groups is 1. The Hall–Kier alpha value is -3.87. The second kappa shape index (κ2) is 10.4. The summed E-state index contributed by atoms with van der Waals surface area (Å²) in [5.41, 5.74) is 3.42. The quantitative estimate of drug-likeness (QED) is 0.362. The average molecular weight is 462 g/mol. The Morgan fingerprint density at radius 3 is 2.65 bits per heavy atom. The highest BCUT2D eigenvalue weighted by Crippen LogP contribution is 2.30. The van der Waals surface area contributed by atoms with Gasteiger partial charge in [-0.15, -0.1) is 0 Å². The highest BCUT2D eigenvalue weighted by molar-refractivity contribution is 5.77. The number of carbonyl (C=O) groups excluding carboxylic acids is 1. The lowest BCUT2D eigenvalue weighted by Crippen LogP contribution is -2.30. The number of fused-ring (bicyclic) bond motifs is 1. The van der Waals surface area contributed by atoms with Crippen molar-refractivity contribution in [2.24, 2.45) is 0 Å². The topological polar surface area (TPSA) is 56.1 Å². The molecule has 1 unspecified atom stereocenters. The summed E-state index contributed by atoms with van der Waals surface area (Å²) in [6.07, 6.45) is 4.55. The van der Waals surface area contributed by atoms with Crippen LogP contribution in [0.25, 0.3) is 5.65 Å². The number of hydrogen-bond acceptors (Lipinski definition) is 4. The SMILES string of the molecule is COc1ccc(CCN(C)C(=O)CC(c2cccc(F)c2)c2cnc3ccccn23)cc1OC. The molecule has 0 spiro atoms. The Morgan fingerprint density at radius 1 is 1.06 bits per heavy atom. The number of hydrogen-bond donors (Lipinski definition) is 0. The van der Waals surface area contributed by atoms with Crippen molar-refractivity contribution >= 4 is 11.6 Å². The molecule has 0 saturated heterocycles. The molecule has 0 N–H and O–H groups in total. The van der Waals surface area contributed by atoms with Gasteiger partial charge in [-0.2, -0.15) is 0 Å². The van der Waals surface area contributed by atoms with Crippen molar-refractivity contribution in [2.45, 2.75) is 18.8 Å². The zero-order valence-corrected chi connectivity index (χ0v) is 19.6.